The molecular formula is C26H32F3N3O3. The normalized spacial score (nSPS) is 15.2. The number of aromatic nitrogens is 2. The number of benzene rings is 1. The van der Waals surface area contributed by atoms with Crippen LogP contribution in [0, 0.1) is 5.92 Å². The Bertz CT molecular complexity index is 1120. The van der Waals surface area contributed by atoms with Gasteiger partial charge in [-0.1, -0.05) is 51.7 Å². The van der Waals surface area contributed by atoms with Gasteiger partial charge in [0.2, 0.25) is 5.91 Å². The number of carbonyl (C=O) groups excluding carboxylic acids is 1. The quantitative estimate of drug-likeness (QED) is 0.550. The summed E-state index contributed by atoms with van der Waals surface area (Å²) >= 11 is 0. The molecule has 1 aliphatic carbocycles. The molecule has 2 aromatic rings. The summed E-state index contributed by atoms with van der Waals surface area (Å²) in [6.07, 6.45) is 6.59. The number of nitrogens with zero attached hydrogens (tertiary/aromatic N) is 2. The number of nitrogens with one attached hydrogen (secondary N) is 1. The van der Waals surface area contributed by atoms with Gasteiger partial charge in [-0.05, 0) is 55.5 Å². The van der Waals surface area contributed by atoms with Gasteiger partial charge in [0.25, 0.3) is 0 Å². The van der Waals surface area contributed by atoms with Crippen molar-refractivity contribution >= 4 is 18.6 Å². The molecule has 0 radical (unpaired) electrons. The second-order valence-corrected chi connectivity index (χ2v) is 8.20. The van der Waals surface area contributed by atoms with E-state index in [4.69, 9.17) is 5.11 Å². The molecule has 35 heavy (non-hydrogen) atoms. The van der Waals surface area contributed by atoms with Crippen LogP contribution in [0.5, 0.6) is 5.75 Å². The topological polar surface area (TPSA) is 76.4 Å². The maximum atomic E-state index is 12.4. The first-order chi connectivity index (χ1) is 16.5. The van der Waals surface area contributed by atoms with Gasteiger partial charge in [0.15, 0.2) is 0 Å². The number of hydrogen-bond acceptors (Lipinski definition) is 4. The van der Waals surface area contributed by atoms with Gasteiger partial charge < -0.3 is 15.2 Å². The number of carbonyl (C=O) groups is 1. The van der Waals surface area contributed by atoms with Crippen molar-refractivity contribution in [3.63, 3.8) is 0 Å². The molecule has 0 spiro atoms. The van der Waals surface area contributed by atoms with Crippen molar-refractivity contribution in [3.8, 4) is 11.4 Å². The van der Waals surface area contributed by atoms with E-state index in [-0.39, 0.29) is 24.3 Å². The zero-order valence-electron chi connectivity index (χ0n) is 20.0. The van der Waals surface area contributed by atoms with E-state index >= 15 is 0 Å². The number of hydrogen-bond donors (Lipinski definition) is 2. The average Bonchev–Trinajstić information content (AvgIpc) is 3.11. The molecule has 1 fully saturated rings. The van der Waals surface area contributed by atoms with E-state index in [2.05, 4.69) is 42.2 Å². The van der Waals surface area contributed by atoms with Gasteiger partial charge in [0.05, 0.1) is 29.4 Å². The van der Waals surface area contributed by atoms with E-state index in [1.54, 1.807) is 0 Å². The molecule has 6 nitrogen and oxygen atoms in total. The first-order valence-corrected chi connectivity index (χ1v) is 11.4. The third-order valence-corrected chi connectivity index (χ3v) is 5.45. The van der Waals surface area contributed by atoms with Crippen LogP contribution in [-0.2, 0) is 11.3 Å². The van der Waals surface area contributed by atoms with Gasteiger partial charge in [-0.25, -0.2) is 4.68 Å². The van der Waals surface area contributed by atoms with Crippen molar-refractivity contribution in [1.82, 2.24) is 15.1 Å². The second kappa shape index (κ2) is 12.9. The number of rotatable bonds is 8. The molecule has 2 N–H and O–H groups in total. The lowest BCUT2D eigenvalue weighted by atomic mass is 9.97. The zero-order valence-corrected chi connectivity index (χ0v) is 20.0. The van der Waals surface area contributed by atoms with Gasteiger partial charge in [0.1, 0.15) is 5.75 Å². The molecule has 0 aliphatic heterocycles. The summed E-state index contributed by atoms with van der Waals surface area (Å²) in [7, 11) is 0. The Kier molecular flexibility index (Phi) is 10.3. The van der Waals surface area contributed by atoms with Crippen molar-refractivity contribution in [3.05, 3.63) is 65.3 Å². The Morgan fingerprint density at radius 2 is 1.97 bits per heavy atom. The number of allylic oxidation sites excluding steroid dienone is 2. The van der Waals surface area contributed by atoms with Gasteiger partial charge in [-0.3, -0.25) is 4.79 Å². The minimum absolute atomic E-state index is 0.0648. The SMILES string of the molecule is C=CC(=O)NCc1nn(-c2ccc(OC(F)(F)F)cc2)c(=C)/c1=C\C=C/C(C)CC.OC1CCC1. The van der Waals surface area contributed by atoms with Crippen LogP contribution < -0.4 is 20.6 Å². The minimum Gasteiger partial charge on any atom is -0.406 e. The summed E-state index contributed by atoms with van der Waals surface area (Å²) < 4.78 is 42.5. The van der Waals surface area contributed by atoms with Crippen LogP contribution in [0.1, 0.15) is 45.2 Å². The van der Waals surface area contributed by atoms with E-state index in [0.29, 0.717) is 22.6 Å². The molecular weight excluding hydrogens is 459 g/mol. The Hall–Kier alpha value is -3.33. The Labute approximate surface area is 203 Å². The number of amides is 1. The monoisotopic (exact) mass is 491 g/mol. The summed E-state index contributed by atoms with van der Waals surface area (Å²) in [5, 5.41) is 16.9. The van der Waals surface area contributed by atoms with E-state index in [9.17, 15) is 18.0 Å². The van der Waals surface area contributed by atoms with Gasteiger partial charge in [-0.2, -0.15) is 5.10 Å². The summed E-state index contributed by atoms with van der Waals surface area (Å²) in [5.41, 5.74) is 1.08. The van der Waals surface area contributed by atoms with E-state index in [1.165, 1.54) is 35.4 Å². The van der Waals surface area contributed by atoms with E-state index in [0.717, 1.165) is 30.6 Å². The van der Waals surface area contributed by atoms with Gasteiger partial charge >= 0.3 is 6.36 Å². The summed E-state index contributed by atoms with van der Waals surface area (Å²) in [6.45, 7) is 11.8. The molecule has 3 rings (SSSR count). The van der Waals surface area contributed by atoms with Crippen molar-refractivity contribution < 1.29 is 27.8 Å². The smallest absolute Gasteiger partial charge is 0.406 e. The van der Waals surface area contributed by atoms with E-state index in [1.807, 2.05) is 18.2 Å². The van der Waals surface area contributed by atoms with Crippen LogP contribution in [0.4, 0.5) is 13.2 Å². The maximum absolute atomic E-state index is 12.4. The van der Waals surface area contributed by atoms with Crippen LogP contribution in [0.15, 0.2) is 49.1 Å². The average molecular weight is 492 g/mol. The van der Waals surface area contributed by atoms with Crippen molar-refractivity contribution in [2.45, 2.75) is 58.5 Å². The standard InChI is InChI=1S/C22H24F3N3O2.C4H8O/c1-5-15(3)8-7-9-19-16(4)28(27-20(19)14-26-21(29)6-2)17-10-12-18(13-11-17)30-22(23,24)25;5-4-2-1-3-4/h6-13,15H,2,4-5,14H2,1,3H3,(H,26,29);4-5H,1-3H2/b8-7-,19-9+;. The number of alkyl halides is 3. The molecule has 1 saturated carbocycles. The molecule has 1 aromatic heterocycles. The van der Waals surface area contributed by atoms with Crippen LogP contribution in [0.25, 0.3) is 18.3 Å². The number of aliphatic hydroxyl groups is 1. The molecule has 190 valence electrons. The van der Waals surface area contributed by atoms with Crippen molar-refractivity contribution in [1.29, 1.82) is 0 Å². The lowest BCUT2D eigenvalue weighted by Gasteiger charge is -2.17. The predicted octanol–water partition coefficient (Wildman–Crippen LogP) is 3.90. The minimum atomic E-state index is -4.76. The van der Waals surface area contributed by atoms with Crippen LogP contribution in [0.2, 0.25) is 0 Å². The van der Waals surface area contributed by atoms with Gasteiger partial charge in [0, 0.05) is 5.22 Å². The van der Waals surface area contributed by atoms with Gasteiger partial charge in [-0.15, -0.1) is 13.2 Å². The molecule has 0 bridgehead atoms. The predicted molar refractivity (Wildman–Crippen MR) is 130 cm³/mol. The highest BCUT2D eigenvalue weighted by atomic mass is 19.4. The fourth-order valence-electron chi connectivity index (χ4n) is 2.95. The first-order valence-electron chi connectivity index (χ1n) is 11.4. The molecule has 1 heterocycles. The first kappa shape index (κ1) is 27.9. The van der Waals surface area contributed by atoms with Crippen LogP contribution in [-0.4, -0.2) is 33.3 Å². The van der Waals surface area contributed by atoms with Crippen LogP contribution in [0.3, 0.4) is 0 Å². The molecule has 1 unspecified atom stereocenters. The Balaban J connectivity index is 0.000000764. The van der Waals surface area contributed by atoms with Crippen molar-refractivity contribution in [2.75, 3.05) is 0 Å². The summed E-state index contributed by atoms with van der Waals surface area (Å²) in [4.78, 5) is 11.5. The zero-order chi connectivity index (χ0) is 26.0. The number of halogens is 3. The highest BCUT2D eigenvalue weighted by Gasteiger charge is 2.31. The molecule has 9 heteroatoms. The van der Waals surface area contributed by atoms with Crippen molar-refractivity contribution in [2.24, 2.45) is 5.92 Å². The van der Waals surface area contributed by atoms with E-state index < -0.39 is 6.36 Å². The third kappa shape index (κ3) is 9.09. The number of ether oxygens (including phenoxy) is 1. The summed E-state index contributed by atoms with van der Waals surface area (Å²) in [6, 6.07) is 5.31. The highest BCUT2D eigenvalue weighted by Crippen LogP contribution is 2.23. The second-order valence-electron chi connectivity index (χ2n) is 8.20. The third-order valence-electron chi connectivity index (χ3n) is 5.45. The van der Waals surface area contributed by atoms with Crippen LogP contribution >= 0.6 is 0 Å². The molecule has 0 saturated heterocycles. The maximum Gasteiger partial charge on any atom is 0.573 e. The fourth-order valence-corrected chi connectivity index (χ4v) is 2.95. The molecule has 1 amide bonds. The molecule has 1 atom stereocenters. The lowest BCUT2D eigenvalue weighted by molar-refractivity contribution is -0.274. The Morgan fingerprint density at radius 3 is 2.46 bits per heavy atom. The Morgan fingerprint density at radius 1 is 1.34 bits per heavy atom. The number of aliphatic hydroxyl groups excluding tert-OH is 1. The summed E-state index contributed by atoms with van der Waals surface area (Å²) in [5.74, 6) is -0.273. The molecule has 1 aliphatic rings. The fraction of sp³-hybridized carbons (Fsp3) is 0.385. The lowest BCUT2D eigenvalue weighted by Crippen LogP contribution is -2.30. The molecule has 1 aromatic carbocycles. The highest BCUT2D eigenvalue weighted by molar-refractivity contribution is 5.86. The largest absolute Gasteiger partial charge is 0.573 e.